The number of amides is 1. The number of hydrogen-bond donors (Lipinski definition) is 1. The quantitative estimate of drug-likeness (QED) is 0.830. The molecule has 0 bridgehead atoms. The third-order valence-electron chi connectivity index (χ3n) is 3.84. The van der Waals surface area contributed by atoms with Crippen molar-refractivity contribution in [1.82, 2.24) is 9.88 Å². The summed E-state index contributed by atoms with van der Waals surface area (Å²) in [5.74, 6) is 0.741. The molecule has 0 aromatic carbocycles. The van der Waals surface area contributed by atoms with E-state index < -0.39 is 0 Å². The molecule has 1 heterocycles. The lowest BCUT2D eigenvalue weighted by Crippen LogP contribution is -2.39. The van der Waals surface area contributed by atoms with E-state index in [4.69, 9.17) is 5.73 Å². The number of nitrogens with zero attached hydrogens (tertiary/aromatic N) is 2. The van der Waals surface area contributed by atoms with Crippen LogP contribution < -0.4 is 5.73 Å². The van der Waals surface area contributed by atoms with E-state index in [0.29, 0.717) is 11.4 Å². The third kappa shape index (κ3) is 4.73. The van der Waals surface area contributed by atoms with Crippen molar-refractivity contribution in [2.45, 2.75) is 65.8 Å². The number of unbranched alkanes of at least 4 members (excludes halogenated alkanes) is 1. The Balaban J connectivity index is 3.07. The van der Waals surface area contributed by atoms with Gasteiger partial charge >= 0.3 is 0 Å². The molecule has 0 radical (unpaired) electrons. The van der Waals surface area contributed by atoms with Gasteiger partial charge in [0, 0.05) is 23.8 Å². The minimum absolute atomic E-state index is 0.0637. The van der Waals surface area contributed by atoms with Crippen molar-refractivity contribution in [2.75, 3.05) is 12.3 Å². The molecule has 1 rings (SSSR count). The molecule has 0 saturated heterocycles. The van der Waals surface area contributed by atoms with Gasteiger partial charge in [0.25, 0.3) is 5.91 Å². The molecule has 4 heteroatoms. The van der Waals surface area contributed by atoms with Crippen LogP contribution in [0.5, 0.6) is 0 Å². The van der Waals surface area contributed by atoms with E-state index in [0.717, 1.165) is 31.5 Å². The van der Waals surface area contributed by atoms with Crippen molar-refractivity contribution in [2.24, 2.45) is 0 Å². The van der Waals surface area contributed by atoms with Gasteiger partial charge in [-0.1, -0.05) is 34.1 Å². The van der Waals surface area contributed by atoms with Crippen LogP contribution in [0.15, 0.2) is 12.1 Å². The lowest BCUT2D eigenvalue weighted by Gasteiger charge is -2.29. The fraction of sp³-hybridized carbons (Fsp3) is 0.647. The summed E-state index contributed by atoms with van der Waals surface area (Å²) < 4.78 is 0. The first kappa shape index (κ1) is 17.5. The second-order valence-corrected chi connectivity index (χ2v) is 5.97. The normalized spacial score (nSPS) is 12.5. The van der Waals surface area contributed by atoms with Gasteiger partial charge in [0.2, 0.25) is 0 Å². The van der Waals surface area contributed by atoms with Gasteiger partial charge in [0.05, 0.1) is 0 Å². The molecule has 1 atom stereocenters. The zero-order valence-corrected chi connectivity index (χ0v) is 14.0. The average Bonchev–Trinajstić information content (AvgIpc) is 2.46. The molecule has 1 aromatic rings. The molecule has 0 aliphatic heterocycles. The Morgan fingerprint density at radius 3 is 2.48 bits per heavy atom. The van der Waals surface area contributed by atoms with Crippen molar-refractivity contribution in [3.8, 4) is 0 Å². The molecule has 0 saturated carbocycles. The fourth-order valence-corrected chi connectivity index (χ4v) is 2.23. The molecule has 1 aromatic heterocycles. The molecular formula is C17H29N3O. The van der Waals surface area contributed by atoms with Crippen LogP contribution in [0, 0.1) is 0 Å². The van der Waals surface area contributed by atoms with Gasteiger partial charge in [-0.3, -0.25) is 4.79 Å². The number of hydrogen-bond acceptors (Lipinski definition) is 3. The highest BCUT2D eigenvalue weighted by molar-refractivity contribution is 5.95. The fourth-order valence-electron chi connectivity index (χ4n) is 2.23. The number of pyridine rings is 1. The number of rotatable bonds is 7. The Bertz CT molecular complexity index is 471. The maximum Gasteiger partial charge on any atom is 0.254 e. The lowest BCUT2D eigenvalue weighted by molar-refractivity contribution is 0.0685. The van der Waals surface area contributed by atoms with Crippen molar-refractivity contribution < 1.29 is 4.79 Å². The summed E-state index contributed by atoms with van der Waals surface area (Å²) in [7, 11) is 0. The second kappa shape index (κ2) is 8.01. The molecule has 21 heavy (non-hydrogen) atoms. The number of carbonyl (C=O) groups is 1. The molecule has 0 spiro atoms. The Morgan fingerprint density at radius 2 is 1.95 bits per heavy atom. The predicted molar refractivity (Wildman–Crippen MR) is 88.4 cm³/mol. The lowest BCUT2D eigenvalue weighted by atomic mass is 10.1. The SMILES string of the molecule is CCCCN(C(=O)c1cc(N)nc(C(C)C)c1)C(C)CC. The van der Waals surface area contributed by atoms with E-state index in [1.807, 2.05) is 11.0 Å². The molecule has 0 fully saturated rings. The monoisotopic (exact) mass is 291 g/mol. The highest BCUT2D eigenvalue weighted by Crippen LogP contribution is 2.19. The molecule has 118 valence electrons. The highest BCUT2D eigenvalue weighted by Gasteiger charge is 2.21. The Morgan fingerprint density at radius 1 is 1.29 bits per heavy atom. The van der Waals surface area contributed by atoms with Gasteiger partial charge in [0.15, 0.2) is 0 Å². The Labute approximate surface area is 128 Å². The zero-order valence-electron chi connectivity index (χ0n) is 14.0. The minimum Gasteiger partial charge on any atom is -0.384 e. The standard InChI is InChI=1S/C17H29N3O/c1-6-8-9-20(13(5)7-2)17(21)14-10-15(12(3)4)19-16(18)11-14/h10-13H,6-9H2,1-5H3,(H2,18,19). The smallest absolute Gasteiger partial charge is 0.254 e. The van der Waals surface area contributed by atoms with Crippen molar-refractivity contribution >= 4 is 11.7 Å². The van der Waals surface area contributed by atoms with Crippen LogP contribution in [0.25, 0.3) is 0 Å². The van der Waals surface area contributed by atoms with Crippen LogP contribution in [0.1, 0.15) is 75.9 Å². The van der Waals surface area contributed by atoms with E-state index >= 15 is 0 Å². The Kier molecular flexibility index (Phi) is 6.66. The molecule has 4 nitrogen and oxygen atoms in total. The van der Waals surface area contributed by atoms with Crippen molar-refractivity contribution in [1.29, 1.82) is 0 Å². The van der Waals surface area contributed by atoms with Crippen LogP contribution in [0.3, 0.4) is 0 Å². The first-order valence-electron chi connectivity index (χ1n) is 7.99. The third-order valence-corrected chi connectivity index (χ3v) is 3.84. The Hall–Kier alpha value is -1.58. The summed E-state index contributed by atoms with van der Waals surface area (Å²) in [5, 5.41) is 0. The van der Waals surface area contributed by atoms with Crippen LogP contribution in [0.2, 0.25) is 0 Å². The zero-order chi connectivity index (χ0) is 16.0. The molecule has 2 N–H and O–H groups in total. The van der Waals surface area contributed by atoms with E-state index in [9.17, 15) is 4.79 Å². The van der Waals surface area contributed by atoms with Crippen LogP contribution in [-0.2, 0) is 0 Å². The number of aromatic nitrogens is 1. The van der Waals surface area contributed by atoms with Crippen LogP contribution >= 0.6 is 0 Å². The van der Waals surface area contributed by atoms with Crippen molar-refractivity contribution in [3.05, 3.63) is 23.4 Å². The van der Waals surface area contributed by atoms with Gasteiger partial charge < -0.3 is 10.6 Å². The van der Waals surface area contributed by atoms with E-state index in [1.54, 1.807) is 6.07 Å². The van der Waals surface area contributed by atoms with Gasteiger partial charge in [0.1, 0.15) is 5.82 Å². The second-order valence-electron chi connectivity index (χ2n) is 5.97. The van der Waals surface area contributed by atoms with Gasteiger partial charge in [-0.25, -0.2) is 4.98 Å². The predicted octanol–water partition coefficient (Wildman–Crippen LogP) is 3.83. The van der Waals surface area contributed by atoms with Crippen LogP contribution in [0.4, 0.5) is 5.82 Å². The summed E-state index contributed by atoms with van der Waals surface area (Å²) in [6.45, 7) is 11.3. The average molecular weight is 291 g/mol. The van der Waals surface area contributed by atoms with Crippen molar-refractivity contribution in [3.63, 3.8) is 0 Å². The number of anilines is 1. The summed E-state index contributed by atoms with van der Waals surface area (Å²) in [6.07, 6.45) is 3.05. The molecule has 0 aliphatic carbocycles. The minimum atomic E-state index is 0.0637. The largest absolute Gasteiger partial charge is 0.384 e. The topological polar surface area (TPSA) is 59.2 Å². The maximum absolute atomic E-state index is 12.8. The van der Waals surface area contributed by atoms with E-state index in [-0.39, 0.29) is 17.9 Å². The summed E-state index contributed by atoms with van der Waals surface area (Å²) in [4.78, 5) is 19.1. The van der Waals surface area contributed by atoms with E-state index in [1.165, 1.54) is 0 Å². The van der Waals surface area contributed by atoms with Gasteiger partial charge in [-0.2, -0.15) is 0 Å². The maximum atomic E-state index is 12.8. The van der Waals surface area contributed by atoms with Crippen LogP contribution in [-0.4, -0.2) is 28.4 Å². The van der Waals surface area contributed by atoms with E-state index in [2.05, 4.69) is 39.6 Å². The van der Waals surface area contributed by atoms with Gasteiger partial charge in [-0.15, -0.1) is 0 Å². The molecule has 1 unspecified atom stereocenters. The highest BCUT2D eigenvalue weighted by atomic mass is 16.2. The molecule has 0 aliphatic rings. The summed E-state index contributed by atoms with van der Waals surface area (Å²) in [6, 6.07) is 3.81. The number of carbonyl (C=O) groups excluding carboxylic acids is 1. The number of nitrogens with two attached hydrogens (primary N) is 1. The number of nitrogen functional groups attached to an aromatic ring is 1. The molecule has 1 amide bonds. The molecular weight excluding hydrogens is 262 g/mol. The van der Waals surface area contributed by atoms with Gasteiger partial charge in [-0.05, 0) is 37.8 Å². The summed E-state index contributed by atoms with van der Waals surface area (Å²) >= 11 is 0. The first-order valence-corrected chi connectivity index (χ1v) is 7.99. The summed E-state index contributed by atoms with van der Waals surface area (Å²) in [5.41, 5.74) is 7.39. The first-order chi connectivity index (χ1) is 9.90.